The van der Waals surface area contributed by atoms with Crippen LogP contribution in [0.5, 0.6) is 0 Å². The molecule has 0 aliphatic heterocycles. The van der Waals surface area contributed by atoms with E-state index in [1.807, 2.05) is 14.0 Å². The largest absolute Gasteiger partial charge is 0.384 e. The molecule has 18 heavy (non-hydrogen) atoms. The van der Waals surface area contributed by atoms with E-state index in [2.05, 4.69) is 25.4 Å². The molecule has 2 heterocycles. The molecule has 7 heteroatoms. The highest BCUT2D eigenvalue weighted by Gasteiger charge is 2.02. The topological polar surface area (TPSA) is 94.5 Å². The van der Waals surface area contributed by atoms with Gasteiger partial charge in [0.05, 0.1) is 0 Å². The Labute approximate surface area is 105 Å². The van der Waals surface area contributed by atoms with Crippen LogP contribution in [0.2, 0.25) is 0 Å². The number of anilines is 2. The lowest BCUT2D eigenvalue weighted by Crippen LogP contribution is -2.10. The summed E-state index contributed by atoms with van der Waals surface area (Å²) in [7, 11) is 1.85. The Morgan fingerprint density at radius 1 is 1.33 bits per heavy atom. The first-order chi connectivity index (χ1) is 8.67. The maximum absolute atomic E-state index is 5.70. The van der Waals surface area contributed by atoms with Gasteiger partial charge >= 0.3 is 0 Å². The molecule has 96 valence electrons. The summed E-state index contributed by atoms with van der Waals surface area (Å²) in [6, 6.07) is 1.73. The average molecular weight is 247 g/mol. The average Bonchev–Trinajstić information content (AvgIpc) is 2.74. The second kappa shape index (κ2) is 5.44. The Morgan fingerprint density at radius 3 is 2.83 bits per heavy atom. The van der Waals surface area contributed by atoms with Gasteiger partial charge in [-0.05, 0) is 0 Å². The molecular formula is C11H17N7. The van der Waals surface area contributed by atoms with Crippen LogP contribution in [0.25, 0.3) is 0 Å². The number of nitrogen functional groups attached to an aromatic ring is 1. The first-order valence-electron chi connectivity index (χ1n) is 5.89. The fourth-order valence-electron chi connectivity index (χ4n) is 1.57. The van der Waals surface area contributed by atoms with Crippen molar-refractivity contribution in [2.45, 2.75) is 19.8 Å². The van der Waals surface area contributed by atoms with E-state index < -0.39 is 0 Å². The first-order valence-corrected chi connectivity index (χ1v) is 5.89. The maximum atomic E-state index is 5.70. The zero-order chi connectivity index (χ0) is 13.0. The van der Waals surface area contributed by atoms with Crippen molar-refractivity contribution >= 4 is 11.6 Å². The van der Waals surface area contributed by atoms with Crippen molar-refractivity contribution in [3.05, 3.63) is 24.0 Å². The lowest BCUT2D eigenvalue weighted by atomic mass is 10.4. The molecule has 0 saturated carbocycles. The fourth-order valence-corrected chi connectivity index (χ4v) is 1.57. The molecule has 2 rings (SSSR count). The van der Waals surface area contributed by atoms with E-state index in [9.17, 15) is 0 Å². The van der Waals surface area contributed by atoms with Crippen molar-refractivity contribution in [3.63, 3.8) is 0 Å². The van der Waals surface area contributed by atoms with E-state index in [1.54, 1.807) is 17.1 Å². The van der Waals surface area contributed by atoms with Crippen molar-refractivity contribution in [1.82, 2.24) is 24.7 Å². The Bertz CT molecular complexity index is 520. The van der Waals surface area contributed by atoms with E-state index in [-0.39, 0.29) is 0 Å². The van der Waals surface area contributed by atoms with E-state index in [4.69, 9.17) is 5.73 Å². The number of rotatable bonds is 5. The van der Waals surface area contributed by atoms with Crippen LogP contribution in [-0.2, 0) is 19.9 Å². The third-order valence-corrected chi connectivity index (χ3v) is 2.41. The minimum absolute atomic E-state index is 0.486. The third kappa shape index (κ3) is 3.16. The first kappa shape index (κ1) is 12.3. The molecule has 3 N–H and O–H groups in total. The molecule has 0 bridgehead atoms. The molecule has 2 aromatic heterocycles. The number of nitrogens with zero attached hydrogens (tertiary/aromatic N) is 5. The second-order valence-corrected chi connectivity index (χ2v) is 3.96. The second-order valence-electron chi connectivity index (χ2n) is 3.96. The number of hydrogen-bond acceptors (Lipinski definition) is 6. The predicted molar refractivity (Wildman–Crippen MR) is 69.0 cm³/mol. The highest BCUT2D eigenvalue weighted by atomic mass is 15.3. The summed E-state index contributed by atoms with van der Waals surface area (Å²) >= 11 is 0. The Balaban J connectivity index is 1.91. The monoisotopic (exact) mass is 247 g/mol. The zero-order valence-corrected chi connectivity index (χ0v) is 10.6. The van der Waals surface area contributed by atoms with Gasteiger partial charge in [-0.3, -0.25) is 4.68 Å². The molecule has 0 aromatic carbocycles. The van der Waals surface area contributed by atoms with Crippen molar-refractivity contribution in [1.29, 1.82) is 0 Å². The van der Waals surface area contributed by atoms with Gasteiger partial charge in [-0.1, -0.05) is 6.92 Å². The summed E-state index contributed by atoms with van der Waals surface area (Å²) in [5.41, 5.74) is 5.70. The van der Waals surface area contributed by atoms with Gasteiger partial charge in [0.2, 0.25) is 0 Å². The number of nitrogens with one attached hydrogen (secondary N) is 1. The number of aryl methyl sites for hydroxylation is 2. The summed E-state index contributed by atoms with van der Waals surface area (Å²) in [4.78, 5) is 12.6. The van der Waals surface area contributed by atoms with Gasteiger partial charge in [-0.15, -0.1) is 0 Å². The van der Waals surface area contributed by atoms with E-state index in [0.29, 0.717) is 12.4 Å². The van der Waals surface area contributed by atoms with Crippen LogP contribution in [0.3, 0.4) is 0 Å². The summed E-state index contributed by atoms with van der Waals surface area (Å²) in [6.45, 7) is 2.71. The Morgan fingerprint density at radius 2 is 2.17 bits per heavy atom. The van der Waals surface area contributed by atoms with Crippen molar-refractivity contribution in [2.75, 3.05) is 17.6 Å². The van der Waals surface area contributed by atoms with Crippen LogP contribution in [0, 0.1) is 0 Å². The molecule has 0 atom stereocenters. The number of nitrogens with two attached hydrogens (primary N) is 1. The summed E-state index contributed by atoms with van der Waals surface area (Å²) in [5, 5.41) is 7.40. The number of hydrogen-bond donors (Lipinski definition) is 2. The van der Waals surface area contributed by atoms with Crippen LogP contribution in [0.15, 0.2) is 12.4 Å². The van der Waals surface area contributed by atoms with Crippen molar-refractivity contribution < 1.29 is 0 Å². The quantitative estimate of drug-likeness (QED) is 0.794. The summed E-state index contributed by atoms with van der Waals surface area (Å²) in [5.74, 6) is 2.78. The normalized spacial score (nSPS) is 10.6. The van der Waals surface area contributed by atoms with E-state index >= 15 is 0 Å². The zero-order valence-electron chi connectivity index (χ0n) is 10.6. The predicted octanol–water partition coefficient (Wildman–Crippen LogP) is 0.404. The van der Waals surface area contributed by atoms with Gasteiger partial charge in [0.25, 0.3) is 0 Å². The fraction of sp³-hybridized carbons (Fsp3) is 0.455. The van der Waals surface area contributed by atoms with Crippen LogP contribution in [0.1, 0.15) is 18.6 Å². The Hall–Kier alpha value is -2.18. The Kier molecular flexibility index (Phi) is 3.71. The maximum Gasteiger partial charge on any atom is 0.152 e. The van der Waals surface area contributed by atoms with Gasteiger partial charge in [0.1, 0.15) is 23.8 Å². The standard InChI is InChI=1S/C11H17N7/c1-3-9-15-8(12)6-11(16-9)13-5-4-10-14-7-18(2)17-10/h6-7H,3-5H2,1-2H3,(H3,12,13,15,16). The van der Waals surface area contributed by atoms with Crippen LogP contribution < -0.4 is 11.1 Å². The molecule has 0 spiro atoms. The molecule has 0 radical (unpaired) electrons. The van der Waals surface area contributed by atoms with E-state index in [1.165, 1.54) is 0 Å². The molecule has 2 aromatic rings. The van der Waals surface area contributed by atoms with Crippen LogP contribution in [-0.4, -0.2) is 31.3 Å². The minimum Gasteiger partial charge on any atom is -0.384 e. The molecule has 0 unspecified atom stereocenters. The molecule has 7 nitrogen and oxygen atoms in total. The lowest BCUT2D eigenvalue weighted by molar-refractivity contribution is 0.741. The van der Waals surface area contributed by atoms with Crippen LogP contribution >= 0.6 is 0 Å². The van der Waals surface area contributed by atoms with E-state index in [0.717, 1.165) is 30.3 Å². The van der Waals surface area contributed by atoms with Gasteiger partial charge in [-0.2, -0.15) is 5.10 Å². The summed E-state index contributed by atoms with van der Waals surface area (Å²) in [6.07, 6.45) is 3.20. The number of aromatic nitrogens is 5. The van der Waals surface area contributed by atoms with Gasteiger partial charge in [0, 0.05) is 32.5 Å². The molecule has 0 aliphatic carbocycles. The SMILES string of the molecule is CCc1nc(N)cc(NCCc2ncn(C)n2)n1. The molecule has 0 amide bonds. The van der Waals surface area contributed by atoms with Crippen molar-refractivity contribution in [3.8, 4) is 0 Å². The van der Waals surface area contributed by atoms with Gasteiger partial charge < -0.3 is 11.1 Å². The molecule has 0 saturated heterocycles. The van der Waals surface area contributed by atoms with Crippen LogP contribution in [0.4, 0.5) is 11.6 Å². The molecule has 0 fully saturated rings. The van der Waals surface area contributed by atoms with Gasteiger partial charge in [0.15, 0.2) is 5.82 Å². The van der Waals surface area contributed by atoms with Crippen molar-refractivity contribution in [2.24, 2.45) is 7.05 Å². The lowest BCUT2D eigenvalue weighted by Gasteiger charge is -2.06. The minimum atomic E-state index is 0.486. The molecule has 0 aliphatic rings. The summed E-state index contributed by atoms with van der Waals surface area (Å²) < 4.78 is 1.69. The smallest absolute Gasteiger partial charge is 0.152 e. The highest BCUT2D eigenvalue weighted by Crippen LogP contribution is 2.08. The highest BCUT2D eigenvalue weighted by molar-refractivity contribution is 5.44. The third-order valence-electron chi connectivity index (χ3n) is 2.41. The molecular weight excluding hydrogens is 230 g/mol. The van der Waals surface area contributed by atoms with Gasteiger partial charge in [-0.25, -0.2) is 15.0 Å².